The number of likely N-dealkylation sites (N-methyl/N-ethyl adjacent to an activating group) is 1. The molecule has 0 bridgehead atoms. The highest BCUT2D eigenvalue weighted by Gasteiger charge is 2.24. The van der Waals surface area contributed by atoms with Gasteiger partial charge in [0, 0.05) is 82.1 Å². The number of nitrogens with one attached hydrogen (secondary N) is 3. The van der Waals surface area contributed by atoms with Crippen molar-refractivity contribution in [3.8, 4) is 22.1 Å². The monoisotopic (exact) mass is 646 g/mol. The van der Waals surface area contributed by atoms with Crippen molar-refractivity contribution >= 4 is 39.2 Å². The van der Waals surface area contributed by atoms with Crippen molar-refractivity contribution in [3.63, 3.8) is 0 Å². The van der Waals surface area contributed by atoms with E-state index in [0.717, 1.165) is 85.0 Å². The molecule has 0 spiro atoms. The van der Waals surface area contributed by atoms with Gasteiger partial charge < -0.3 is 30.5 Å². The van der Waals surface area contributed by atoms with Gasteiger partial charge in [-0.25, -0.2) is 9.18 Å². The molecule has 1 aliphatic heterocycles. The van der Waals surface area contributed by atoms with Crippen LogP contribution in [-0.2, 0) is 11.3 Å². The van der Waals surface area contributed by atoms with Crippen LogP contribution in [0.15, 0.2) is 54.9 Å². The highest BCUT2D eigenvalue weighted by molar-refractivity contribution is 7.22. The summed E-state index contributed by atoms with van der Waals surface area (Å²) < 4.78 is 21.7. The van der Waals surface area contributed by atoms with Gasteiger partial charge in [-0.15, -0.1) is 11.3 Å². The minimum absolute atomic E-state index is 0.0555. The molecule has 3 amide bonds. The number of benzene rings is 1. The molecule has 4 aromatic rings. The second-order valence-electron chi connectivity index (χ2n) is 11.9. The number of carbonyl (C=O) groups excluding carboxylic acids is 2. The molecule has 13 heteroatoms. The number of hydrogen-bond donors (Lipinski definition) is 3. The molecule has 1 saturated carbocycles. The van der Waals surface area contributed by atoms with Crippen LogP contribution < -0.4 is 20.7 Å². The van der Waals surface area contributed by atoms with E-state index in [1.165, 1.54) is 23.5 Å². The number of anilines is 1. The van der Waals surface area contributed by atoms with E-state index in [4.69, 9.17) is 9.72 Å². The van der Waals surface area contributed by atoms with Gasteiger partial charge in [-0.2, -0.15) is 0 Å². The average molecular weight is 647 g/mol. The zero-order valence-corrected chi connectivity index (χ0v) is 26.9. The Balaban J connectivity index is 1.03. The number of rotatable bonds is 12. The van der Waals surface area contributed by atoms with Crippen LogP contribution in [-0.4, -0.2) is 103 Å². The van der Waals surface area contributed by atoms with Crippen molar-refractivity contribution in [2.75, 3.05) is 65.2 Å². The number of amides is 3. The van der Waals surface area contributed by atoms with Crippen LogP contribution >= 0.6 is 11.3 Å². The molecule has 4 heterocycles. The summed E-state index contributed by atoms with van der Waals surface area (Å²) in [6.07, 6.45) is 5.47. The summed E-state index contributed by atoms with van der Waals surface area (Å²) in [5.41, 5.74) is 3.02. The SMILES string of the molecule is CN(C)CCNCC(=O)N1CCN(Cc2ccc(-c3cc4nccc(Oc5ccc(NC(=O)NC6CC6)cc5F)c4s3)nc2)CC1. The summed E-state index contributed by atoms with van der Waals surface area (Å²) in [5, 5.41) is 8.70. The molecule has 1 aromatic carbocycles. The molecule has 2 fully saturated rings. The number of halogens is 1. The number of hydrogen-bond acceptors (Lipinski definition) is 9. The van der Waals surface area contributed by atoms with Crippen LogP contribution in [0.3, 0.4) is 0 Å². The molecule has 3 aromatic heterocycles. The maximum Gasteiger partial charge on any atom is 0.319 e. The Hall–Kier alpha value is -4.17. The molecule has 1 aliphatic carbocycles. The Morgan fingerprint density at radius 3 is 2.59 bits per heavy atom. The largest absolute Gasteiger partial charge is 0.453 e. The van der Waals surface area contributed by atoms with Crippen LogP contribution in [0.1, 0.15) is 18.4 Å². The van der Waals surface area contributed by atoms with E-state index in [2.05, 4.69) is 36.8 Å². The Morgan fingerprint density at radius 2 is 1.87 bits per heavy atom. The third kappa shape index (κ3) is 8.35. The fourth-order valence-corrected chi connectivity index (χ4v) is 6.21. The minimum atomic E-state index is -0.580. The van der Waals surface area contributed by atoms with E-state index in [9.17, 15) is 14.0 Å². The van der Waals surface area contributed by atoms with Crippen LogP contribution in [0.2, 0.25) is 0 Å². The van der Waals surface area contributed by atoms with Gasteiger partial charge in [0.15, 0.2) is 11.6 Å². The molecule has 6 rings (SSSR count). The van der Waals surface area contributed by atoms with Crippen LogP contribution in [0.5, 0.6) is 11.5 Å². The summed E-state index contributed by atoms with van der Waals surface area (Å²) in [6, 6.07) is 12.0. The van der Waals surface area contributed by atoms with Gasteiger partial charge >= 0.3 is 6.03 Å². The molecule has 3 N–H and O–H groups in total. The average Bonchev–Trinajstić information content (AvgIpc) is 3.74. The first-order chi connectivity index (χ1) is 22.3. The lowest BCUT2D eigenvalue weighted by Crippen LogP contribution is -2.50. The van der Waals surface area contributed by atoms with E-state index in [0.29, 0.717) is 18.0 Å². The normalized spacial score (nSPS) is 15.3. The fraction of sp³-hybridized carbons (Fsp3) is 0.394. The van der Waals surface area contributed by atoms with Gasteiger partial charge in [-0.3, -0.25) is 19.7 Å². The number of fused-ring (bicyclic) bond motifs is 1. The molecule has 2 aliphatic rings. The number of nitrogens with zero attached hydrogens (tertiary/aromatic N) is 5. The summed E-state index contributed by atoms with van der Waals surface area (Å²) >= 11 is 1.48. The number of ether oxygens (including phenoxy) is 1. The van der Waals surface area contributed by atoms with Crippen molar-refractivity contribution in [3.05, 3.63) is 66.2 Å². The molecule has 0 unspecified atom stereocenters. The molecule has 0 atom stereocenters. The van der Waals surface area contributed by atoms with Gasteiger partial charge in [0.2, 0.25) is 5.91 Å². The van der Waals surface area contributed by atoms with E-state index >= 15 is 0 Å². The number of urea groups is 1. The molecule has 242 valence electrons. The van der Waals surface area contributed by atoms with Gasteiger partial charge in [-0.1, -0.05) is 6.07 Å². The maximum atomic E-state index is 14.9. The van der Waals surface area contributed by atoms with E-state index in [1.807, 2.05) is 37.3 Å². The van der Waals surface area contributed by atoms with Crippen LogP contribution in [0.4, 0.5) is 14.9 Å². The molecule has 1 saturated heterocycles. The minimum Gasteiger partial charge on any atom is -0.453 e. The second kappa shape index (κ2) is 14.5. The van der Waals surface area contributed by atoms with Crippen molar-refractivity contribution in [1.29, 1.82) is 0 Å². The third-order valence-corrected chi connectivity index (χ3v) is 9.08. The first-order valence-corrected chi connectivity index (χ1v) is 16.4. The number of aromatic nitrogens is 2. The summed E-state index contributed by atoms with van der Waals surface area (Å²) in [5.74, 6) is 0.121. The van der Waals surface area contributed by atoms with E-state index in [-0.39, 0.29) is 23.7 Å². The topological polar surface area (TPSA) is 115 Å². The van der Waals surface area contributed by atoms with Crippen LogP contribution in [0.25, 0.3) is 20.8 Å². The first-order valence-electron chi connectivity index (χ1n) is 15.5. The van der Waals surface area contributed by atoms with Crippen molar-refractivity contribution in [2.24, 2.45) is 0 Å². The summed E-state index contributed by atoms with van der Waals surface area (Å²) in [7, 11) is 4.04. The molecular weight excluding hydrogens is 607 g/mol. The van der Waals surface area contributed by atoms with Crippen molar-refractivity contribution < 1.29 is 18.7 Å². The molecule has 0 radical (unpaired) electrons. The molecular formula is C33H39FN8O3S. The predicted octanol–water partition coefficient (Wildman–Crippen LogP) is 4.37. The van der Waals surface area contributed by atoms with Gasteiger partial charge in [-0.05, 0) is 56.8 Å². The zero-order valence-electron chi connectivity index (χ0n) is 26.1. The first kappa shape index (κ1) is 31.8. The van der Waals surface area contributed by atoms with Gasteiger partial charge in [0.25, 0.3) is 0 Å². The Kier molecular flexibility index (Phi) is 10.0. The van der Waals surface area contributed by atoms with Gasteiger partial charge in [0.05, 0.1) is 27.3 Å². The standard InChI is InChI=1S/C33H39FN8O3S/c1-40(2)12-11-35-20-31(43)42-15-13-41(14-16-42)21-22-3-7-26(37-19-22)30-18-27-32(46-30)29(9-10-36-27)45-28-8-6-24(17-25(28)34)39-33(44)38-23-4-5-23/h3,6-10,17-19,23,35H,4-5,11-16,20-21H2,1-2H3,(H2,38,39,44). The summed E-state index contributed by atoms with van der Waals surface area (Å²) in [6.45, 7) is 5.95. The predicted molar refractivity (Wildman–Crippen MR) is 178 cm³/mol. The molecule has 11 nitrogen and oxygen atoms in total. The number of pyridine rings is 2. The Bertz CT molecular complexity index is 1670. The van der Waals surface area contributed by atoms with Crippen molar-refractivity contribution in [1.82, 2.24) is 35.3 Å². The quantitative estimate of drug-likeness (QED) is 0.195. The van der Waals surface area contributed by atoms with Crippen LogP contribution in [0, 0.1) is 5.82 Å². The fourth-order valence-electron chi connectivity index (χ4n) is 5.17. The second-order valence-corrected chi connectivity index (χ2v) is 13.0. The van der Waals surface area contributed by atoms with Gasteiger partial charge in [0.1, 0.15) is 5.75 Å². The van der Waals surface area contributed by atoms with E-state index in [1.54, 1.807) is 18.3 Å². The number of thiophene rings is 1. The highest BCUT2D eigenvalue weighted by Crippen LogP contribution is 2.39. The Morgan fingerprint density at radius 1 is 1.04 bits per heavy atom. The molecule has 46 heavy (non-hydrogen) atoms. The highest BCUT2D eigenvalue weighted by atomic mass is 32.1. The summed E-state index contributed by atoms with van der Waals surface area (Å²) in [4.78, 5) is 41.0. The Labute approximate surface area is 271 Å². The number of carbonyl (C=O) groups is 2. The third-order valence-electron chi connectivity index (χ3n) is 7.92. The lowest BCUT2D eigenvalue weighted by Gasteiger charge is -2.34. The maximum absolute atomic E-state index is 14.9. The number of piperazine rings is 1. The van der Waals surface area contributed by atoms with Crippen molar-refractivity contribution in [2.45, 2.75) is 25.4 Å². The van der Waals surface area contributed by atoms with E-state index < -0.39 is 5.82 Å². The lowest BCUT2D eigenvalue weighted by atomic mass is 10.2. The smallest absolute Gasteiger partial charge is 0.319 e. The zero-order chi connectivity index (χ0) is 32.0. The lowest BCUT2D eigenvalue weighted by molar-refractivity contribution is -0.132.